The molecule has 1 N–H and O–H groups in total. The van der Waals surface area contributed by atoms with Crippen LogP contribution < -0.4 is 5.32 Å². The van der Waals surface area contributed by atoms with Crippen molar-refractivity contribution in [3.05, 3.63) is 51.5 Å². The van der Waals surface area contributed by atoms with Gasteiger partial charge in [-0.1, -0.05) is 12.1 Å². The summed E-state index contributed by atoms with van der Waals surface area (Å²) in [6.45, 7) is 2.24. The summed E-state index contributed by atoms with van der Waals surface area (Å²) < 4.78 is 0. The van der Waals surface area contributed by atoms with E-state index in [1.54, 1.807) is 0 Å². The quantitative estimate of drug-likeness (QED) is 0.941. The van der Waals surface area contributed by atoms with E-state index in [9.17, 15) is 0 Å². The number of nitrogens with zero attached hydrogens (tertiary/aromatic N) is 2. The van der Waals surface area contributed by atoms with Crippen LogP contribution in [0.15, 0.2) is 30.5 Å². The average Bonchev–Trinajstić information content (AvgIpc) is 2.97. The van der Waals surface area contributed by atoms with Gasteiger partial charge in [-0.15, -0.1) is 11.3 Å². The van der Waals surface area contributed by atoms with E-state index in [1.165, 1.54) is 28.3 Å². The van der Waals surface area contributed by atoms with E-state index in [1.807, 2.05) is 35.6 Å². The largest absolute Gasteiger partial charge is 0.317 e. The van der Waals surface area contributed by atoms with Crippen molar-refractivity contribution in [2.24, 2.45) is 0 Å². The first kappa shape index (κ1) is 13.3. The number of nitrogens with one attached hydrogen (secondary N) is 1. The van der Waals surface area contributed by atoms with Gasteiger partial charge in [0.25, 0.3) is 0 Å². The topological polar surface area (TPSA) is 48.7 Å². The Morgan fingerprint density at radius 3 is 2.70 bits per heavy atom. The monoisotopic (exact) mass is 283 g/mol. The highest BCUT2D eigenvalue weighted by Crippen LogP contribution is 2.30. The summed E-state index contributed by atoms with van der Waals surface area (Å²) >= 11 is 1.84. The number of hydrogen-bond acceptors (Lipinski definition) is 4. The molecule has 20 heavy (non-hydrogen) atoms. The maximum atomic E-state index is 8.80. The van der Waals surface area contributed by atoms with E-state index in [2.05, 4.69) is 22.6 Å². The maximum absolute atomic E-state index is 8.80. The second-order valence-corrected chi connectivity index (χ2v) is 6.31. The van der Waals surface area contributed by atoms with Gasteiger partial charge in [0, 0.05) is 17.5 Å². The van der Waals surface area contributed by atoms with E-state index < -0.39 is 0 Å². The Kier molecular flexibility index (Phi) is 4.10. The number of aromatic nitrogens is 1. The fourth-order valence-corrected chi connectivity index (χ4v) is 3.70. The van der Waals surface area contributed by atoms with Crippen LogP contribution in [0.2, 0.25) is 0 Å². The molecular weight excluding hydrogens is 266 g/mol. The molecule has 0 atom stereocenters. The van der Waals surface area contributed by atoms with Gasteiger partial charge in [0.1, 0.15) is 0 Å². The van der Waals surface area contributed by atoms with Gasteiger partial charge in [-0.3, -0.25) is 0 Å². The smallest absolute Gasteiger partial charge is 0.0991 e. The summed E-state index contributed by atoms with van der Waals surface area (Å²) in [5, 5.41) is 13.4. The highest BCUT2D eigenvalue weighted by Gasteiger charge is 2.17. The van der Waals surface area contributed by atoms with Crippen LogP contribution in [0.25, 0.3) is 0 Å². The summed E-state index contributed by atoms with van der Waals surface area (Å²) in [7, 11) is 0. The standard InChI is InChI=1S/C16H17N3S/c17-10-13-3-1-12(2-4-13)9-16-19-11-15(20-16)14-5-7-18-8-6-14/h1-4,11,14,18H,5-9H2. The molecule has 1 aromatic heterocycles. The SMILES string of the molecule is N#Cc1ccc(Cc2ncc(C3CCNCC3)s2)cc1. The van der Waals surface area contributed by atoms with Crippen LogP contribution in [-0.4, -0.2) is 18.1 Å². The van der Waals surface area contributed by atoms with E-state index >= 15 is 0 Å². The molecule has 2 heterocycles. The Morgan fingerprint density at radius 2 is 2.00 bits per heavy atom. The second-order valence-electron chi connectivity index (χ2n) is 5.17. The highest BCUT2D eigenvalue weighted by atomic mass is 32.1. The van der Waals surface area contributed by atoms with Crippen LogP contribution in [0.5, 0.6) is 0 Å². The molecule has 1 fully saturated rings. The molecule has 1 saturated heterocycles. The van der Waals surface area contributed by atoms with Crippen LogP contribution in [0.1, 0.15) is 39.8 Å². The molecule has 0 unspecified atom stereocenters. The van der Waals surface area contributed by atoms with Gasteiger partial charge in [-0.05, 0) is 49.5 Å². The molecule has 0 amide bonds. The van der Waals surface area contributed by atoms with Crippen molar-refractivity contribution < 1.29 is 0 Å². The number of piperidine rings is 1. The van der Waals surface area contributed by atoms with Gasteiger partial charge in [0.15, 0.2) is 0 Å². The maximum Gasteiger partial charge on any atom is 0.0991 e. The molecule has 0 spiro atoms. The third-order valence-corrected chi connectivity index (χ3v) is 4.91. The molecule has 0 radical (unpaired) electrons. The van der Waals surface area contributed by atoms with Gasteiger partial charge in [-0.25, -0.2) is 4.98 Å². The molecular formula is C16H17N3S. The molecule has 4 heteroatoms. The van der Waals surface area contributed by atoms with Gasteiger partial charge in [0.05, 0.1) is 16.6 Å². The van der Waals surface area contributed by atoms with E-state index in [-0.39, 0.29) is 0 Å². The predicted molar refractivity (Wildman–Crippen MR) is 80.9 cm³/mol. The molecule has 0 saturated carbocycles. The van der Waals surface area contributed by atoms with E-state index in [0.29, 0.717) is 11.5 Å². The number of nitriles is 1. The van der Waals surface area contributed by atoms with Crippen LogP contribution in [0.3, 0.4) is 0 Å². The highest BCUT2D eigenvalue weighted by molar-refractivity contribution is 7.11. The minimum atomic E-state index is 0.684. The molecule has 3 nitrogen and oxygen atoms in total. The lowest BCUT2D eigenvalue weighted by atomic mass is 9.97. The van der Waals surface area contributed by atoms with Crippen LogP contribution in [0, 0.1) is 11.3 Å². The Morgan fingerprint density at radius 1 is 1.25 bits per heavy atom. The molecule has 2 aromatic rings. The minimum absolute atomic E-state index is 0.684. The molecule has 3 rings (SSSR count). The molecule has 1 aliphatic heterocycles. The summed E-state index contributed by atoms with van der Waals surface area (Å²) in [5.74, 6) is 0.684. The lowest BCUT2D eigenvalue weighted by Gasteiger charge is -2.20. The third kappa shape index (κ3) is 3.06. The van der Waals surface area contributed by atoms with E-state index in [4.69, 9.17) is 5.26 Å². The van der Waals surface area contributed by atoms with Crippen molar-refractivity contribution in [3.63, 3.8) is 0 Å². The number of thiazole rings is 1. The average molecular weight is 283 g/mol. The number of benzene rings is 1. The first-order chi connectivity index (χ1) is 9.85. The molecule has 1 aromatic carbocycles. The predicted octanol–water partition coefficient (Wildman–Crippen LogP) is 3.07. The van der Waals surface area contributed by atoms with Crippen LogP contribution in [0.4, 0.5) is 0 Å². The van der Waals surface area contributed by atoms with Crippen LogP contribution in [-0.2, 0) is 6.42 Å². The van der Waals surface area contributed by atoms with Gasteiger partial charge < -0.3 is 5.32 Å². The number of hydrogen-bond donors (Lipinski definition) is 1. The third-order valence-electron chi connectivity index (χ3n) is 3.75. The summed E-state index contributed by atoms with van der Waals surface area (Å²) in [4.78, 5) is 5.99. The zero-order valence-corrected chi connectivity index (χ0v) is 12.1. The zero-order chi connectivity index (χ0) is 13.8. The molecule has 0 aliphatic carbocycles. The van der Waals surface area contributed by atoms with Crippen molar-refractivity contribution in [1.29, 1.82) is 5.26 Å². The van der Waals surface area contributed by atoms with Gasteiger partial charge in [0.2, 0.25) is 0 Å². The first-order valence-electron chi connectivity index (χ1n) is 6.99. The Hall–Kier alpha value is -1.70. The zero-order valence-electron chi connectivity index (χ0n) is 11.3. The Bertz CT molecular complexity index is 603. The first-order valence-corrected chi connectivity index (χ1v) is 7.81. The van der Waals surface area contributed by atoms with Crippen molar-refractivity contribution in [2.45, 2.75) is 25.2 Å². The van der Waals surface area contributed by atoms with Crippen LogP contribution >= 0.6 is 11.3 Å². The Balaban J connectivity index is 1.68. The van der Waals surface area contributed by atoms with Crippen molar-refractivity contribution >= 4 is 11.3 Å². The fraction of sp³-hybridized carbons (Fsp3) is 0.375. The fourth-order valence-electron chi connectivity index (χ4n) is 2.57. The normalized spacial score (nSPS) is 15.9. The lowest BCUT2D eigenvalue weighted by Crippen LogP contribution is -2.26. The second kappa shape index (κ2) is 6.17. The molecule has 1 aliphatic rings. The summed E-state index contributed by atoms with van der Waals surface area (Å²) in [5.41, 5.74) is 1.93. The summed E-state index contributed by atoms with van der Waals surface area (Å²) in [6, 6.07) is 9.93. The van der Waals surface area contributed by atoms with Crippen molar-refractivity contribution in [1.82, 2.24) is 10.3 Å². The molecule has 102 valence electrons. The van der Waals surface area contributed by atoms with Crippen molar-refractivity contribution in [2.75, 3.05) is 13.1 Å². The summed E-state index contributed by atoms with van der Waals surface area (Å²) in [6.07, 6.45) is 5.36. The van der Waals surface area contributed by atoms with Gasteiger partial charge in [-0.2, -0.15) is 5.26 Å². The van der Waals surface area contributed by atoms with Gasteiger partial charge >= 0.3 is 0 Å². The minimum Gasteiger partial charge on any atom is -0.317 e. The van der Waals surface area contributed by atoms with E-state index in [0.717, 1.165) is 19.5 Å². The number of rotatable bonds is 3. The molecule has 0 bridgehead atoms. The lowest BCUT2D eigenvalue weighted by molar-refractivity contribution is 0.465. The van der Waals surface area contributed by atoms with Crippen molar-refractivity contribution in [3.8, 4) is 6.07 Å². The Labute approximate surface area is 123 Å².